The minimum Gasteiger partial charge on any atom is -0.341 e. The lowest BCUT2D eigenvalue weighted by Crippen LogP contribution is -2.52. The van der Waals surface area contributed by atoms with E-state index in [1.807, 2.05) is 0 Å². The van der Waals surface area contributed by atoms with Gasteiger partial charge in [0.25, 0.3) is 0 Å². The molecule has 92 valence electrons. The molecule has 1 unspecified atom stereocenters. The fraction of sp³-hybridized carbons (Fsp3) is 0.571. The molecule has 3 heteroatoms. The highest BCUT2D eigenvalue weighted by Gasteiger charge is 2.45. The largest absolute Gasteiger partial charge is 0.341 e. The molecule has 3 nitrogen and oxygen atoms in total. The molecule has 0 aliphatic carbocycles. The molecular weight excluding hydrogens is 214 g/mol. The summed E-state index contributed by atoms with van der Waals surface area (Å²) in [4.78, 5) is 2.13. The minimum absolute atomic E-state index is 0.101. The zero-order chi connectivity index (χ0) is 12.0. The first-order valence-electron chi connectivity index (χ1n) is 6.16. The Kier molecular flexibility index (Phi) is 2.51. The lowest BCUT2D eigenvalue weighted by atomic mass is 9.83. The average Bonchev–Trinajstić information content (AvgIpc) is 2.28. The molecule has 0 N–H and O–H groups in total. The van der Waals surface area contributed by atoms with Crippen LogP contribution >= 0.6 is 0 Å². The fourth-order valence-electron chi connectivity index (χ4n) is 2.88. The summed E-state index contributed by atoms with van der Waals surface area (Å²) in [6.45, 7) is 2.18. The number of fused-ring (bicyclic) bond motifs is 4. The van der Waals surface area contributed by atoms with Gasteiger partial charge in [0.15, 0.2) is 6.29 Å². The van der Waals surface area contributed by atoms with E-state index in [4.69, 9.17) is 9.47 Å². The highest BCUT2D eigenvalue weighted by atomic mass is 16.7. The predicted molar refractivity (Wildman–Crippen MR) is 65.5 cm³/mol. The van der Waals surface area contributed by atoms with E-state index < -0.39 is 0 Å². The SMILES string of the molecule is CN(C)C1C[C@]2(C)O[C@@H](Cc3ccccc32)O1. The summed E-state index contributed by atoms with van der Waals surface area (Å²) < 4.78 is 12.0. The maximum atomic E-state index is 6.07. The molecule has 2 heterocycles. The summed E-state index contributed by atoms with van der Waals surface area (Å²) in [6, 6.07) is 8.55. The van der Waals surface area contributed by atoms with Crippen LogP contribution in [-0.2, 0) is 21.5 Å². The smallest absolute Gasteiger partial charge is 0.164 e. The quantitative estimate of drug-likeness (QED) is 0.741. The van der Waals surface area contributed by atoms with Crippen molar-refractivity contribution in [1.29, 1.82) is 0 Å². The number of nitrogens with zero attached hydrogens (tertiary/aromatic N) is 1. The fourth-order valence-corrected chi connectivity index (χ4v) is 2.88. The van der Waals surface area contributed by atoms with Crippen molar-refractivity contribution in [2.75, 3.05) is 14.1 Å². The van der Waals surface area contributed by atoms with Gasteiger partial charge >= 0.3 is 0 Å². The van der Waals surface area contributed by atoms with Gasteiger partial charge in [-0.1, -0.05) is 24.3 Å². The summed E-state index contributed by atoms with van der Waals surface area (Å²) in [6.07, 6.45) is 1.78. The maximum Gasteiger partial charge on any atom is 0.164 e. The van der Waals surface area contributed by atoms with Gasteiger partial charge in [-0.15, -0.1) is 0 Å². The van der Waals surface area contributed by atoms with Gasteiger partial charge in [-0.3, -0.25) is 4.90 Å². The lowest BCUT2D eigenvalue weighted by Gasteiger charge is -2.48. The summed E-state index contributed by atoms with van der Waals surface area (Å²) in [5.74, 6) is 0. The van der Waals surface area contributed by atoms with Crippen molar-refractivity contribution in [2.24, 2.45) is 0 Å². The van der Waals surface area contributed by atoms with Crippen LogP contribution in [0.2, 0.25) is 0 Å². The molecule has 2 aliphatic heterocycles. The molecule has 0 saturated carbocycles. The Balaban J connectivity index is 2.00. The van der Waals surface area contributed by atoms with E-state index in [1.54, 1.807) is 0 Å². The van der Waals surface area contributed by atoms with Crippen molar-refractivity contribution in [1.82, 2.24) is 4.90 Å². The van der Waals surface area contributed by atoms with Crippen LogP contribution in [0, 0.1) is 0 Å². The van der Waals surface area contributed by atoms with Crippen molar-refractivity contribution in [3.63, 3.8) is 0 Å². The third-order valence-electron chi connectivity index (χ3n) is 3.81. The van der Waals surface area contributed by atoms with Gasteiger partial charge in [0.1, 0.15) is 6.23 Å². The molecule has 2 aliphatic rings. The van der Waals surface area contributed by atoms with Gasteiger partial charge in [-0.25, -0.2) is 0 Å². The Bertz CT molecular complexity index is 432. The number of hydrogen-bond donors (Lipinski definition) is 0. The maximum absolute atomic E-state index is 6.07. The van der Waals surface area contributed by atoms with Crippen LogP contribution in [-0.4, -0.2) is 31.5 Å². The van der Waals surface area contributed by atoms with Gasteiger partial charge in [-0.2, -0.15) is 0 Å². The van der Waals surface area contributed by atoms with Gasteiger partial charge in [0, 0.05) is 12.8 Å². The molecule has 1 aromatic carbocycles. The van der Waals surface area contributed by atoms with Crippen LogP contribution < -0.4 is 0 Å². The van der Waals surface area contributed by atoms with Crippen molar-refractivity contribution in [3.8, 4) is 0 Å². The normalized spacial score (nSPS) is 35.8. The first-order chi connectivity index (χ1) is 8.08. The minimum atomic E-state index is -0.202. The topological polar surface area (TPSA) is 21.7 Å². The van der Waals surface area contributed by atoms with E-state index in [2.05, 4.69) is 50.2 Å². The molecule has 17 heavy (non-hydrogen) atoms. The van der Waals surface area contributed by atoms with E-state index in [0.717, 1.165) is 12.8 Å². The van der Waals surface area contributed by atoms with Crippen molar-refractivity contribution < 1.29 is 9.47 Å². The Labute approximate surface area is 102 Å². The van der Waals surface area contributed by atoms with Crippen LogP contribution in [0.25, 0.3) is 0 Å². The Morgan fingerprint density at radius 3 is 2.82 bits per heavy atom. The van der Waals surface area contributed by atoms with Gasteiger partial charge in [-0.05, 0) is 32.1 Å². The molecular formula is C14H19NO2. The number of hydrogen-bond acceptors (Lipinski definition) is 3. The summed E-state index contributed by atoms with van der Waals surface area (Å²) in [5, 5.41) is 0. The van der Waals surface area contributed by atoms with Crippen LogP contribution in [0.1, 0.15) is 24.5 Å². The third-order valence-corrected chi connectivity index (χ3v) is 3.81. The molecule has 2 bridgehead atoms. The van der Waals surface area contributed by atoms with E-state index in [9.17, 15) is 0 Å². The second-order valence-electron chi connectivity index (χ2n) is 5.40. The van der Waals surface area contributed by atoms with Gasteiger partial charge < -0.3 is 9.47 Å². The Morgan fingerprint density at radius 2 is 2.06 bits per heavy atom. The van der Waals surface area contributed by atoms with Crippen LogP contribution in [0.15, 0.2) is 24.3 Å². The first kappa shape index (κ1) is 11.2. The van der Waals surface area contributed by atoms with Gasteiger partial charge in [0.05, 0.1) is 5.60 Å². The van der Waals surface area contributed by atoms with Crippen LogP contribution in [0.5, 0.6) is 0 Å². The molecule has 0 spiro atoms. The Morgan fingerprint density at radius 1 is 1.29 bits per heavy atom. The number of ether oxygens (including phenoxy) is 2. The average molecular weight is 233 g/mol. The molecule has 1 fully saturated rings. The third kappa shape index (κ3) is 1.79. The Hall–Kier alpha value is -0.900. The van der Waals surface area contributed by atoms with Crippen molar-refractivity contribution >= 4 is 0 Å². The molecule has 0 aromatic heterocycles. The predicted octanol–water partition coefficient (Wildman–Crippen LogP) is 2.11. The first-order valence-corrected chi connectivity index (χ1v) is 6.16. The molecule has 1 saturated heterocycles. The zero-order valence-electron chi connectivity index (χ0n) is 10.6. The van der Waals surface area contributed by atoms with Crippen molar-refractivity contribution in [3.05, 3.63) is 35.4 Å². The highest BCUT2D eigenvalue weighted by molar-refractivity contribution is 5.35. The van der Waals surface area contributed by atoms with E-state index >= 15 is 0 Å². The van der Waals surface area contributed by atoms with E-state index in [1.165, 1.54) is 11.1 Å². The van der Waals surface area contributed by atoms with Crippen LogP contribution in [0.4, 0.5) is 0 Å². The zero-order valence-corrected chi connectivity index (χ0v) is 10.6. The van der Waals surface area contributed by atoms with E-state index in [0.29, 0.717) is 0 Å². The second kappa shape index (κ2) is 3.80. The molecule has 3 atom stereocenters. The van der Waals surface area contributed by atoms with Crippen LogP contribution in [0.3, 0.4) is 0 Å². The second-order valence-corrected chi connectivity index (χ2v) is 5.40. The lowest BCUT2D eigenvalue weighted by molar-refractivity contribution is -0.310. The molecule has 1 aromatic rings. The highest BCUT2D eigenvalue weighted by Crippen LogP contribution is 2.43. The van der Waals surface area contributed by atoms with Crippen molar-refractivity contribution in [2.45, 2.75) is 37.9 Å². The summed E-state index contributed by atoms with van der Waals surface area (Å²) in [5.41, 5.74) is 2.49. The number of benzene rings is 1. The molecule has 3 rings (SSSR count). The van der Waals surface area contributed by atoms with Gasteiger partial charge in [0.2, 0.25) is 0 Å². The summed E-state index contributed by atoms with van der Waals surface area (Å²) >= 11 is 0. The monoisotopic (exact) mass is 233 g/mol. The standard InChI is InChI=1S/C14H19NO2/c1-14-9-12(15(2)3)16-13(17-14)8-10-6-4-5-7-11(10)14/h4-7,12-13H,8-9H2,1-3H3/t12?,13-,14-/m0/s1. The number of rotatable bonds is 1. The summed E-state index contributed by atoms with van der Waals surface area (Å²) in [7, 11) is 4.11. The molecule has 0 radical (unpaired) electrons. The molecule has 0 amide bonds. The van der Waals surface area contributed by atoms with E-state index in [-0.39, 0.29) is 18.1 Å².